The largest absolute Gasteiger partial charge is 0.444 e. The van der Waals surface area contributed by atoms with Crippen LogP contribution in [0.4, 0.5) is 0 Å². The summed E-state index contributed by atoms with van der Waals surface area (Å²) in [6, 6.07) is 4.33. The monoisotopic (exact) mass is 230 g/mol. The van der Waals surface area contributed by atoms with E-state index in [-0.39, 0.29) is 0 Å². The molecule has 3 nitrogen and oxygen atoms in total. The van der Waals surface area contributed by atoms with Crippen LogP contribution in [0.5, 0.6) is 0 Å². The summed E-state index contributed by atoms with van der Waals surface area (Å²) in [5, 5.41) is 0. The summed E-state index contributed by atoms with van der Waals surface area (Å²) >= 11 is 0. The van der Waals surface area contributed by atoms with Crippen LogP contribution in [-0.4, -0.2) is 4.98 Å². The number of hydrogen-bond acceptors (Lipinski definition) is 3. The molecule has 0 fully saturated rings. The molecule has 1 heterocycles. The topological polar surface area (TPSA) is 52.0 Å². The minimum atomic E-state index is 0.338. The second-order valence-electron chi connectivity index (χ2n) is 4.49. The van der Waals surface area contributed by atoms with Crippen molar-refractivity contribution in [3.05, 3.63) is 40.5 Å². The lowest BCUT2D eigenvalue weighted by atomic mass is 9.97. The highest BCUT2D eigenvalue weighted by Gasteiger charge is 2.15. The minimum absolute atomic E-state index is 0.338. The molecule has 0 amide bonds. The van der Waals surface area contributed by atoms with Gasteiger partial charge in [-0.2, -0.15) is 0 Å². The molecule has 0 aliphatic rings. The number of benzene rings is 1. The van der Waals surface area contributed by atoms with Gasteiger partial charge in [0.1, 0.15) is 11.5 Å². The Morgan fingerprint density at radius 1 is 1.12 bits per heavy atom. The molecule has 90 valence electrons. The highest BCUT2D eigenvalue weighted by Crippen LogP contribution is 2.30. The van der Waals surface area contributed by atoms with Crippen LogP contribution in [0, 0.1) is 27.7 Å². The second-order valence-corrected chi connectivity index (χ2v) is 4.49. The molecule has 0 aliphatic carbocycles. The summed E-state index contributed by atoms with van der Waals surface area (Å²) in [6.07, 6.45) is 0. The molecule has 2 rings (SSSR count). The highest BCUT2D eigenvalue weighted by molar-refractivity contribution is 5.69. The summed E-state index contributed by atoms with van der Waals surface area (Å²) < 4.78 is 5.52. The van der Waals surface area contributed by atoms with E-state index in [1.165, 1.54) is 16.7 Å². The number of oxazole rings is 1. The van der Waals surface area contributed by atoms with Gasteiger partial charge in [0.15, 0.2) is 0 Å². The van der Waals surface area contributed by atoms with E-state index in [1.54, 1.807) is 0 Å². The maximum Gasteiger partial charge on any atom is 0.208 e. The smallest absolute Gasteiger partial charge is 0.208 e. The first-order chi connectivity index (χ1) is 8.02. The Balaban J connectivity index is 2.63. The van der Waals surface area contributed by atoms with Crippen LogP contribution in [0.25, 0.3) is 11.3 Å². The number of aryl methyl sites for hydroxylation is 4. The fourth-order valence-corrected chi connectivity index (χ4v) is 2.32. The molecule has 3 heteroatoms. The molecule has 0 radical (unpaired) electrons. The van der Waals surface area contributed by atoms with Gasteiger partial charge in [0, 0.05) is 5.56 Å². The molecule has 0 aliphatic heterocycles. The highest BCUT2D eigenvalue weighted by atomic mass is 16.4. The Kier molecular flexibility index (Phi) is 3.03. The molecule has 1 aromatic heterocycles. The number of rotatable bonds is 2. The van der Waals surface area contributed by atoms with Gasteiger partial charge in [-0.25, -0.2) is 4.98 Å². The normalized spacial score (nSPS) is 10.9. The maximum absolute atomic E-state index is 5.55. The molecule has 1 aromatic carbocycles. The van der Waals surface area contributed by atoms with Gasteiger partial charge in [0.05, 0.1) is 6.54 Å². The zero-order chi connectivity index (χ0) is 12.6. The van der Waals surface area contributed by atoms with Crippen molar-refractivity contribution < 1.29 is 4.42 Å². The first-order valence-corrected chi connectivity index (χ1v) is 5.77. The van der Waals surface area contributed by atoms with Gasteiger partial charge < -0.3 is 10.2 Å². The third-order valence-electron chi connectivity index (χ3n) is 2.93. The van der Waals surface area contributed by atoms with E-state index in [2.05, 4.69) is 37.9 Å². The summed E-state index contributed by atoms with van der Waals surface area (Å²) in [5.74, 6) is 1.43. The van der Waals surface area contributed by atoms with Crippen LogP contribution in [0.15, 0.2) is 16.5 Å². The Hall–Kier alpha value is -1.61. The molecule has 0 saturated heterocycles. The fourth-order valence-electron chi connectivity index (χ4n) is 2.32. The summed E-state index contributed by atoms with van der Waals surface area (Å²) in [4.78, 5) is 4.46. The predicted molar refractivity (Wildman–Crippen MR) is 68.8 cm³/mol. The molecular weight excluding hydrogens is 212 g/mol. The maximum atomic E-state index is 5.55. The van der Waals surface area contributed by atoms with E-state index in [9.17, 15) is 0 Å². The number of hydrogen-bond donors (Lipinski definition) is 1. The molecule has 2 N–H and O–H groups in total. The lowest BCUT2D eigenvalue weighted by Gasteiger charge is -2.09. The molecule has 0 unspecified atom stereocenters. The summed E-state index contributed by atoms with van der Waals surface area (Å²) in [5.41, 5.74) is 11.4. The third-order valence-corrected chi connectivity index (χ3v) is 2.93. The van der Waals surface area contributed by atoms with Gasteiger partial charge in [-0.15, -0.1) is 0 Å². The Morgan fingerprint density at radius 2 is 1.71 bits per heavy atom. The van der Waals surface area contributed by atoms with E-state index >= 15 is 0 Å². The van der Waals surface area contributed by atoms with Gasteiger partial charge in [0.25, 0.3) is 0 Å². The molecule has 0 spiro atoms. The van der Waals surface area contributed by atoms with Crippen LogP contribution in [-0.2, 0) is 6.54 Å². The summed E-state index contributed by atoms with van der Waals surface area (Å²) in [6.45, 7) is 8.58. The second kappa shape index (κ2) is 4.34. The molecule has 0 saturated carbocycles. The van der Waals surface area contributed by atoms with Crippen LogP contribution in [0.3, 0.4) is 0 Å². The van der Waals surface area contributed by atoms with Crippen molar-refractivity contribution in [1.29, 1.82) is 0 Å². The Morgan fingerprint density at radius 3 is 2.18 bits per heavy atom. The van der Waals surface area contributed by atoms with Crippen molar-refractivity contribution in [2.45, 2.75) is 34.2 Å². The first-order valence-electron chi connectivity index (χ1n) is 5.77. The summed E-state index contributed by atoms with van der Waals surface area (Å²) in [7, 11) is 0. The van der Waals surface area contributed by atoms with Gasteiger partial charge in [-0.1, -0.05) is 17.7 Å². The molecule has 0 atom stereocenters. The van der Waals surface area contributed by atoms with Crippen molar-refractivity contribution in [2.24, 2.45) is 5.73 Å². The van der Waals surface area contributed by atoms with Gasteiger partial charge in [0.2, 0.25) is 5.89 Å². The third kappa shape index (κ3) is 2.11. The van der Waals surface area contributed by atoms with E-state index in [0.29, 0.717) is 12.4 Å². The van der Waals surface area contributed by atoms with Crippen LogP contribution < -0.4 is 5.73 Å². The van der Waals surface area contributed by atoms with Crippen molar-refractivity contribution in [3.8, 4) is 11.3 Å². The standard InChI is InChI=1S/C14H18N2O/c1-8-5-9(2)13(10(3)6-8)14-11(4)17-12(7-15)16-14/h5-6H,7,15H2,1-4H3. The number of nitrogens with two attached hydrogens (primary N) is 1. The minimum Gasteiger partial charge on any atom is -0.444 e. The van der Waals surface area contributed by atoms with E-state index in [1.807, 2.05) is 6.92 Å². The average Bonchev–Trinajstić information content (AvgIpc) is 2.59. The molecular formula is C14H18N2O. The zero-order valence-corrected chi connectivity index (χ0v) is 10.8. The lowest BCUT2D eigenvalue weighted by molar-refractivity contribution is 0.474. The van der Waals surface area contributed by atoms with Crippen molar-refractivity contribution in [1.82, 2.24) is 4.98 Å². The predicted octanol–water partition coefficient (Wildman–Crippen LogP) is 3.03. The van der Waals surface area contributed by atoms with E-state index in [4.69, 9.17) is 10.2 Å². The first kappa shape index (κ1) is 11.9. The lowest BCUT2D eigenvalue weighted by Crippen LogP contribution is -1.96. The van der Waals surface area contributed by atoms with Gasteiger partial charge in [-0.3, -0.25) is 0 Å². The van der Waals surface area contributed by atoms with Crippen molar-refractivity contribution >= 4 is 0 Å². The van der Waals surface area contributed by atoms with Crippen molar-refractivity contribution in [3.63, 3.8) is 0 Å². The van der Waals surface area contributed by atoms with Crippen LogP contribution >= 0.6 is 0 Å². The fraction of sp³-hybridized carbons (Fsp3) is 0.357. The Bertz CT molecular complexity index is 532. The van der Waals surface area contributed by atoms with Crippen LogP contribution in [0.2, 0.25) is 0 Å². The number of aromatic nitrogens is 1. The SMILES string of the molecule is Cc1cc(C)c(-c2nc(CN)oc2C)c(C)c1. The van der Waals surface area contributed by atoms with E-state index in [0.717, 1.165) is 17.0 Å². The molecule has 17 heavy (non-hydrogen) atoms. The van der Waals surface area contributed by atoms with Gasteiger partial charge in [-0.05, 0) is 38.8 Å². The zero-order valence-electron chi connectivity index (χ0n) is 10.8. The molecule has 0 bridgehead atoms. The van der Waals surface area contributed by atoms with Crippen molar-refractivity contribution in [2.75, 3.05) is 0 Å². The number of nitrogens with zero attached hydrogens (tertiary/aromatic N) is 1. The Labute approximate surface area is 102 Å². The van der Waals surface area contributed by atoms with E-state index < -0.39 is 0 Å². The van der Waals surface area contributed by atoms with Crippen LogP contribution in [0.1, 0.15) is 28.3 Å². The molecule has 2 aromatic rings. The quantitative estimate of drug-likeness (QED) is 0.862. The van der Waals surface area contributed by atoms with Gasteiger partial charge >= 0.3 is 0 Å². The average molecular weight is 230 g/mol.